The van der Waals surface area contributed by atoms with Gasteiger partial charge in [0, 0.05) is 55.5 Å². The van der Waals surface area contributed by atoms with Crippen molar-refractivity contribution in [1.29, 1.82) is 0 Å². The molecule has 4 rings (SSSR count). The van der Waals surface area contributed by atoms with Crippen LogP contribution in [0.15, 0.2) is 6.07 Å². The van der Waals surface area contributed by atoms with Gasteiger partial charge in [-0.25, -0.2) is 9.97 Å². The molecule has 6 nitrogen and oxygen atoms in total. The molecule has 3 unspecified atom stereocenters. The van der Waals surface area contributed by atoms with E-state index in [1.54, 1.807) is 0 Å². The van der Waals surface area contributed by atoms with E-state index < -0.39 is 0 Å². The summed E-state index contributed by atoms with van der Waals surface area (Å²) < 4.78 is 0. The van der Waals surface area contributed by atoms with Crippen molar-refractivity contribution in [3.8, 4) is 0 Å². The fraction of sp³-hybridized carbons (Fsp3) is 0.800. The van der Waals surface area contributed by atoms with E-state index in [9.17, 15) is 5.11 Å². The Bertz CT molecular complexity index is 654. The predicted octanol–water partition coefficient (Wildman–Crippen LogP) is 1.39. The minimum absolute atomic E-state index is 0.134. The monoisotopic (exact) mass is 359 g/mol. The molecule has 2 N–H and O–H groups in total. The van der Waals surface area contributed by atoms with Crippen LogP contribution in [0.5, 0.6) is 0 Å². The first kappa shape index (κ1) is 18.1. The zero-order valence-electron chi connectivity index (χ0n) is 16.6. The number of likely N-dealkylation sites (tertiary alicyclic amines) is 1. The third-order valence-electron chi connectivity index (χ3n) is 6.57. The summed E-state index contributed by atoms with van der Waals surface area (Å²) in [5, 5.41) is 14.5. The molecular weight excluding hydrogens is 326 g/mol. The number of aryl methyl sites for hydroxylation is 1. The zero-order valence-corrected chi connectivity index (χ0v) is 16.6. The molecule has 3 saturated heterocycles. The Labute approximate surface area is 157 Å². The first-order chi connectivity index (χ1) is 12.3. The third-order valence-corrected chi connectivity index (χ3v) is 6.57. The lowest BCUT2D eigenvalue weighted by Gasteiger charge is -2.59. The third kappa shape index (κ3) is 3.12. The molecule has 26 heavy (non-hydrogen) atoms. The Balaban J connectivity index is 1.64. The van der Waals surface area contributed by atoms with E-state index in [0.29, 0.717) is 5.92 Å². The van der Waals surface area contributed by atoms with Gasteiger partial charge in [-0.15, -0.1) is 0 Å². The summed E-state index contributed by atoms with van der Waals surface area (Å²) in [7, 11) is 2.17. The Kier molecular flexibility index (Phi) is 4.48. The van der Waals surface area contributed by atoms with Gasteiger partial charge in [0.15, 0.2) is 0 Å². The van der Waals surface area contributed by atoms with Gasteiger partial charge < -0.3 is 20.2 Å². The molecule has 1 aromatic heterocycles. The number of hydrogen-bond acceptors (Lipinski definition) is 6. The van der Waals surface area contributed by atoms with Gasteiger partial charge in [-0.2, -0.15) is 0 Å². The fourth-order valence-electron chi connectivity index (χ4n) is 5.72. The minimum atomic E-state index is -0.271. The Morgan fingerprint density at radius 1 is 1.15 bits per heavy atom. The van der Waals surface area contributed by atoms with Gasteiger partial charge in [0.25, 0.3) is 0 Å². The van der Waals surface area contributed by atoms with Crippen LogP contribution in [0.2, 0.25) is 0 Å². The molecule has 6 heteroatoms. The molecule has 0 amide bonds. The van der Waals surface area contributed by atoms with Crippen LogP contribution in [0.25, 0.3) is 0 Å². The summed E-state index contributed by atoms with van der Waals surface area (Å²) in [6.45, 7) is 12.1. The largest absolute Gasteiger partial charge is 0.392 e. The van der Waals surface area contributed by atoms with Crippen LogP contribution in [-0.2, 0) is 0 Å². The fourth-order valence-corrected chi connectivity index (χ4v) is 5.72. The molecule has 3 fully saturated rings. The van der Waals surface area contributed by atoms with Crippen LogP contribution in [-0.4, -0.2) is 72.4 Å². The maximum atomic E-state index is 11.0. The highest BCUT2D eigenvalue weighted by molar-refractivity contribution is 5.43. The molecule has 0 aromatic carbocycles. The summed E-state index contributed by atoms with van der Waals surface area (Å²) >= 11 is 0. The number of anilines is 1. The molecule has 4 heterocycles. The first-order valence-electron chi connectivity index (χ1n) is 9.97. The standard InChI is InChI=1S/C20H33N5O/c1-14-22-16(15-6-5-7-21-9-15)8-17(23-14)25-12-19(2)10-24(4)11-20(3,13-25)18(19)26/h8,15,18,21,26H,5-7,9-13H2,1-4H3. The van der Waals surface area contributed by atoms with Crippen molar-refractivity contribution in [3.63, 3.8) is 0 Å². The second kappa shape index (κ2) is 6.43. The molecule has 3 aliphatic heterocycles. The average molecular weight is 360 g/mol. The number of aromatic nitrogens is 2. The van der Waals surface area contributed by atoms with Gasteiger partial charge in [-0.05, 0) is 33.4 Å². The quantitative estimate of drug-likeness (QED) is 0.832. The van der Waals surface area contributed by atoms with Crippen molar-refractivity contribution in [2.75, 3.05) is 51.2 Å². The van der Waals surface area contributed by atoms with E-state index in [1.165, 1.54) is 18.5 Å². The van der Waals surface area contributed by atoms with Gasteiger partial charge >= 0.3 is 0 Å². The lowest BCUT2D eigenvalue weighted by atomic mass is 9.63. The van der Waals surface area contributed by atoms with Crippen LogP contribution in [0.3, 0.4) is 0 Å². The maximum Gasteiger partial charge on any atom is 0.132 e. The summed E-state index contributed by atoms with van der Waals surface area (Å²) in [4.78, 5) is 14.3. The molecule has 2 bridgehead atoms. The van der Waals surface area contributed by atoms with Gasteiger partial charge in [-0.3, -0.25) is 0 Å². The van der Waals surface area contributed by atoms with Crippen molar-refractivity contribution in [2.45, 2.75) is 45.6 Å². The average Bonchev–Trinajstić information content (AvgIpc) is 2.58. The molecule has 0 saturated carbocycles. The number of nitrogens with zero attached hydrogens (tertiary/aromatic N) is 4. The molecule has 1 aromatic rings. The van der Waals surface area contributed by atoms with E-state index in [1.807, 2.05) is 6.92 Å². The van der Waals surface area contributed by atoms with Crippen molar-refractivity contribution in [1.82, 2.24) is 20.2 Å². The summed E-state index contributed by atoms with van der Waals surface area (Å²) in [6, 6.07) is 2.20. The Hall–Kier alpha value is -1.24. The van der Waals surface area contributed by atoms with E-state index >= 15 is 0 Å². The molecule has 0 spiro atoms. The molecule has 144 valence electrons. The number of piperidine rings is 3. The number of aliphatic hydroxyl groups excluding tert-OH is 1. The summed E-state index contributed by atoms with van der Waals surface area (Å²) in [5.41, 5.74) is 0.903. The number of hydrogen-bond donors (Lipinski definition) is 2. The predicted molar refractivity (Wildman–Crippen MR) is 104 cm³/mol. The van der Waals surface area contributed by atoms with Gasteiger partial charge in [0.05, 0.1) is 11.8 Å². The number of nitrogens with one attached hydrogen (secondary N) is 1. The molecular formula is C20H33N5O. The topological polar surface area (TPSA) is 64.5 Å². The number of fused-ring (bicyclic) bond motifs is 2. The second-order valence-corrected chi connectivity index (χ2v) is 9.48. The van der Waals surface area contributed by atoms with Crippen molar-refractivity contribution < 1.29 is 5.11 Å². The summed E-state index contributed by atoms with van der Waals surface area (Å²) in [6.07, 6.45) is 2.14. The lowest BCUT2D eigenvalue weighted by Crippen LogP contribution is -2.69. The van der Waals surface area contributed by atoms with E-state index in [-0.39, 0.29) is 16.9 Å². The Morgan fingerprint density at radius 3 is 2.46 bits per heavy atom. The van der Waals surface area contributed by atoms with Crippen molar-refractivity contribution >= 4 is 5.82 Å². The highest BCUT2D eigenvalue weighted by Crippen LogP contribution is 2.46. The zero-order chi connectivity index (χ0) is 18.5. The normalized spacial score (nSPS) is 38.4. The number of rotatable bonds is 2. The smallest absolute Gasteiger partial charge is 0.132 e. The highest BCUT2D eigenvalue weighted by Gasteiger charge is 2.55. The van der Waals surface area contributed by atoms with Crippen molar-refractivity contribution in [2.24, 2.45) is 10.8 Å². The molecule has 0 aliphatic carbocycles. The minimum Gasteiger partial charge on any atom is -0.392 e. The van der Waals surface area contributed by atoms with Crippen LogP contribution in [0, 0.1) is 17.8 Å². The van der Waals surface area contributed by atoms with Crippen LogP contribution in [0.1, 0.15) is 44.1 Å². The van der Waals surface area contributed by atoms with Crippen LogP contribution >= 0.6 is 0 Å². The highest BCUT2D eigenvalue weighted by atomic mass is 16.3. The Morgan fingerprint density at radius 2 is 1.85 bits per heavy atom. The van der Waals surface area contributed by atoms with Crippen molar-refractivity contribution in [3.05, 3.63) is 17.6 Å². The molecule has 0 radical (unpaired) electrons. The number of aliphatic hydroxyl groups is 1. The first-order valence-corrected chi connectivity index (χ1v) is 9.97. The van der Waals surface area contributed by atoms with Crippen LogP contribution in [0.4, 0.5) is 5.82 Å². The second-order valence-electron chi connectivity index (χ2n) is 9.48. The van der Waals surface area contributed by atoms with Gasteiger partial charge in [-0.1, -0.05) is 13.8 Å². The summed E-state index contributed by atoms with van der Waals surface area (Å²) in [5.74, 6) is 2.37. The van der Waals surface area contributed by atoms with E-state index in [0.717, 1.165) is 50.9 Å². The van der Waals surface area contributed by atoms with Gasteiger partial charge in [0.1, 0.15) is 11.6 Å². The van der Waals surface area contributed by atoms with Crippen LogP contribution < -0.4 is 10.2 Å². The van der Waals surface area contributed by atoms with Gasteiger partial charge in [0.2, 0.25) is 0 Å². The van der Waals surface area contributed by atoms with E-state index in [2.05, 4.69) is 42.1 Å². The lowest BCUT2D eigenvalue weighted by molar-refractivity contribution is -0.127. The maximum absolute atomic E-state index is 11.0. The molecule has 3 atom stereocenters. The molecule has 3 aliphatic rings. The SMILES string of the molecule is Cc1nc(C2CCCNC2)cc(N2CC3(C)CN(C)CC(C)(C2)C3O)n1. The van der Waals surface area contributed by atoms with E-state index in [4.69, 9.17) is 9.97 Å².